The van der Waals surface area contributed by atoms with Crippen LogP contribution in [0.1, 0.15) is 104 Å². The van der Waals surface area contributed by atoms with E-state index >= 15 is 0 Å². The van der Waals surface area contributed by atoms with Gasteiger partial charge in [-0.3, -0.25) is 4.79 Å². The van der Waals surface area contributed by atoms with Gasteiger partial charge >= 0.3 is 5.97 Å². The Labute approximate surface area is 137 Å². The number of unbranched alkanes of at least 4 members (excludes halogenated alkanes) is 7. The predicted octanol–water partition coefficient (Wildman–Crippen LogP) is 5.39. The van der Waals surface area contributed by atoms with Crippen LogP contribution >= 0.6 is 0 Å². The molecule has 0 amide bonds. The molecule has 0 aromatic carbocycles. The van der Waals surface area contributed by atoms with Crippen molar-refractivity contribution < 1.29 is 14.6 Å². The predicted molar refractivity (Wildman–Crippen MR) is 92.9 cm³/mol. The van der Waals surface area contributed by atoms with Crippen molar-refractivity contribution in [3.8, 4) is 0 Å². The van der Waals surface area contributed by atoms with Gasteiger partial charge in [0, 0.05) is 6.42 Å². The second kappa shape index (κ2) is 15.3. The molecule has 0 saturated carbocycles. The summed E-state index contributed by atoms with van der Waals surface area (Å²) in [6.07, 6.45) is 13.7. The van der Waals surface area contributed by atoms with Crippen LogP contribution in [-0.2, 0) is 9.53 Å². The van der Waals surface area contributed by atoms with E-state index in [1.165, 1.54) is 38.5 Å². The lowest BCUT2D eigenvalue weighted by molar-refractivity contribution is -0.149. The van der Waals surface area contributed by atoms with E-state index in [9.17, 15) is 9.90 Å². The van der Waals surface area contributed by atoms with Crippen LogP contribution in [-0.4, -0.2) is 23.3 Å². The van der Waals surface area contributed by atoms with Crippen molar-refractivity contribution in [2.24, 2.45) is 0 Å². The molecule has 0 aromatic rings. The van der Waals surface area contributed by atoms with Crippen LogP contribution in [0.25, 0.3) is 0 Å². The van der Waals surface area contributed by atoms with Gasteiger partial charge in [0.15, 0.2) is 0 Å². The van der Waals surface area contributed by atoms with E-state index in [-0.39, 0.29) is 18.2 Å². The minimum atomic E-state index is -0.228. The Bertz CT molecular complexity index is 251. The highest BCUT2D eigenvalue weighted by Crippen LogP contribution is 2.14. The van der Waals surface area contributed by atoms with Gasteiger partial charge in [0.05, 0.1) is 6.10 Å². The topological polar surface area (TPSA) is 46.5 Å². The number of carbonyl (C=O) groups is 1. The van der Waals surface area contributed by atoms with Gasteiger partial charge in [-0.25, -0.2) is 0 Å². The van der Waals surface area contributed by atoms with Gasteiger partial charge in [-0.2, -0.15) is 0 Å². The normalized spacial score (nSPS) is 13.8. The molecule has 0 radical (unpaired) electrons. The van der Waals surface area contributed by atoms with Crippen LogP contribution < -0.4 is 0 Å². The molecule has 3 nitrogen and oxygen atoms in total. The van der Waals surface area contributed by atoms with Crippen molar-refractivity contribution in [1.82, 2.24) is 0 Å². The zero-order chi connectivity index (χ0) is 16.6. The minimum absolute atomic E-state index is 0.0464. The summed E-state index contributed by atoms with van der Waals surface area (Å²) in [5, 5.41) is 9.17. The first kappa shape index (κ1) is 21.4. The number of rotatable bonds is 15. The lowest BCUT2D eigenvalue weighted by atomic mass is 10.1. The summed E-state index contributed by atoms with van der Waals surface area (Å²) in [4.78, 5) is 11.8. The highest BCUT2D eigenvalue weighted by atomic mass is 16.5. The van der Waals surface area contributed by atoms with E-state index in [4.69, 9.17) is 4.74 Å². The molecule has 0 heterocycles. The largest absolute Gasteiger partial charge is 0.462 e. The van der Waals surface area contributed by atoms with E-state index in [1.807, 2.05) is 6.92 Å². The minimum Gasteiger partial charge on any atom is -0.462 e. The molecule has 0 bridgehead atoms. The third-order valence-corrected chi connectivity index (χ3v) is 4.14. The number of ether oxygens (including phenoxy) is 1. The maximum atomic E-state index is 11.8. The molecule has 0 aliphatic heterocycles. The first-order valence-corrected chi connectivity index (χ1v) is 9.47. The lowest BCUT2D eigenvalue weighted by Gasteiger charge is -2.16. The third kappa shape index (κ3) is 14.4. The molecule has 22 heavy (non-hydrogen) atoms. The maximum Gasteiger partial charge on any atom is 0.306 e. The Morgan fingerprint density at radius 3 is 2.14 bits per heavy atom. The zero-order valence-electron chi connectivity index (χ0n) is 15.1. The van der Waals surface area contributed by atoms with Crippen molar-refractivity contribution in [1.29, 1.82) is 0 Å². The highest BCUT2D eigenvalue weighted by molar-refractivity contribution is 5.69. The van der Waals surface area contributed by atoms with E-state index in [2.05, 4.69) is 13.8 Å². The summed E-state index contributed by atoms with van der Waals surface area (Å²) in [6.45, 7) is 6.14. The molecular formula is C19H38O3. The van der Waals surface area contributed by atoms with E-state index in [0.29, 0.717) is 6.42 Å². The lowest BCUT2D eigenvalue weighted by Crippen LogP contribution is -2.17. The molecule has 0 aromatic heterocycles. The number of hydrogen-bond donors (Lipinski definition) is 1. The SMILES string of the molecule is CCCCCCCCC(CC)OC(=O)CCCCC[C@H](C)O. The second-order valence-electron chi connectivity index (χ2n) is 6.52. The number of carbonyl (C=O) groups excluding carboxylic acids is 1. The Morgan fingerprint density at radius 1 is 0.909 bits per heavy atom. The second-order valence-corrected chi connectivity index (χ2v) is 6.52. The van der Waals surface area contributed by atoms with E-state index in [0.717, 1.165) is 38.5 Å². The van der Waals surface area contributed by atoms with Crippen LogP contribution in [0.15, 0.2) is 0 Å². The van der Waals surface area contributed by atoms with E-state index < -0.39 is 0 Å². The Morgan fingerprint density at radius 2 is 1.50 bits per heavy atom. The average molecular weight is 315 g/mol. The molecule has 0 rings (SSSR count). The fraction of sp³-hybridized carbons (Fsp3) is 0.947. The van der Waals surface area contributed by atoms with Crippen LogP contribution in [0.3, 0.4) is 0 Å². The molecule has 0 saturated heterocycles. The Balaban J connectivity index is 3.58. The molecule has 0 spiro atoms. The summed E-state index contributed by atoms with van der Waals surface area (Å²) in [5.74, 6) is -0.0464. The van der Waals surface area contributed by atoms with Crippen molar-refractivity contribution in [2.75, 3.05) is 0 Å². The van der Waals surface area contributed by atoms with Gasteiger partial charge in [0.25, 0.3) is 0 Å². The Kier molecular flexibility index (Phi) is 14.9. The van der Waals surface area contributed by atoms with Gasteiger partial charge < -0.3 is 9.84 Å². The molecule has 2 atom stereocenters. The first-order chi connectivity index (χ1) is 10.6. The van der Waals surface area contributed by atoms with Crippen LogP contribution in [0.4, 0.5) is 0 Å². The van der Waals surface area contributed by atoms with Crippen LogP contribution in [0.2, 0.25) is 0 Å². The van der Waals surface area contributed by atoms with Crippen molar-refractivity contribution >= 4 is 5.97 Å². The van der Waals surface area contributed by atoms with Gasteiger partial charge in [0.1, 0.15) is 6.10 Å². The number of esters is 1. The molecule has 3 heteroatoms. The monoisotopic (exact) mass is 314 g/mol. The molecule has 132 valence electrons. The van der Waals surface area contributed by atoms with Gasteiger partial charge in [0.2, 0.25) is 0 Å². The molecule has 0 aliphatic rings. The van der Waals surface area contributed by atoms with Crippen molar-refractivity contribution in [3.05, 3.63) is 0 Å². The maximum absolute atomic E-state index is 11.8. The zero-order valence-corrected chi connectivity index (χ0v) is 15.1. The van der Waals surface area contributed by atoms with Crippen molar-refractivity contribution in [3.63, 3.8) is 0 Å². The molecule has 1 unspecified atom stereocenters. The number of aliphatic hydroxyl groups excluding tert-OH is 1. The number of aliphatic hydroxyl groups is 1. The smallest absolute Gasteiger partial charge is 0.306 e. The molecule has 0 aliphatic carbocycles. The van der Waals surface area contributed by atoms with Crippen molar-refractivity contribution in [2.45, 2.75) is 116 Å². The summed E-state index contributed by atoms with van der Waals surface area (Å²) in [5.41, 5.74) is 0. The van der Waals surface area contributed by atoms with Gasteiger partial charge in [-0.1, -0.05) is 58.8 Å². The fourth-order valence-electron chi connectivity index (χ4n) is 2.63. The molecular weight excluding hydrogens is 276 g/mol. The standard InChI is InChI=1S/C19H38O3/c1-4-6-7-8-9-12-15-18(5-2)22-19(21)16-13-10-11-14-17(3)20/h17-18,20H,4-16H2,1-3H3/t17-,18?/m0/s1. The summed E-state index contributed by atoms with van der Waals surface area (Å²) in [6, 6.07) is 0. The quantitative estimate of drug-likeness (QED) is 0.325. The highest BCUT2D eigenvalue weighted by Gasteiger charge is 2.12. The Hall–Kier alpha value is -0.570. The summed E-state index contributed by atoms with van der Waals surface area (Å²) in [7, 11) is 0. The van der Waals surface area contributed by atoms with Crippen LogP contribution in [0, 0.1) is 0 Å². The first-order valence-electron chi connectivity index (χ1n) is 9.47. The van der Waals surface area contributed by atoms with E-state index in [1.54, 1.807) is 0 Å². The summed E-state index contributed by atoms with van der Waals surface area (Å²) < 4.78 is 5.57. The molecule has 1 N–H and O–H groups in total. The summed E-state index contributed by atoms with van der Waals surface area (Å²) >= 11 is 0. The third-order valence-electron chi connectivity index (χ3n) is 4.14. The number of hydrogen-bond acceptors (Lipinski definition) is 3. The average Bonchev–Trinajstić information content (AvgIpc) is 2.48. The van der Waals surface area contributed by atoms with Gasteiger partial charge in [-0.05, 0) is 39.0 Å². The van der Waals surface area contributed by atoms with Crippen LogP contribution in [0.5, 0.6) is 0 Å². The molecule has 0 fully saturated rings. The fourth-order valence-corrected chi connectivity index (χ4v) is 2.63. The van der Waals surface area contributed by atoms with Gasteiger partial charge in [-0.15, -0.1) is 0 Å².